The number of halogens is 5. The molecule has 1 atom stereocenters. The highest BCUT2D eigenvalue weighted by molar-refractivity contribution is 6.34. The number of hydrogen-bond donors (Lipinski definition) is 1. The molecule has 2 aromatic carbocycles. The molecule has 0 aliphatic carbocycles. The summed E-state index contributed by atoms with van der Waals surface area (Å²) in [5.74, 6) is -2.05. The molecule has 2 rings (SSSR count). The summed E-state index contributed by atoms with van der Waals surface area (Å²) in [5, 5.41) is 0.841. The summed E-state index contributed by atoms with van der Waals surface area (Å²) >= 11 is 17.8. The number of benzene rings is 2. The summed E-state index contributed by atoms with van der Waals surface area (Å²) in [5.41, 5.74) is 6.72. The van der Waals surface area contributed by atoms with Crippen LogP contribution in [0.1, 0.15) is 17.2 Å². The highest BCUT2D eigenvalue weighted by Crippen LogP contribution is 2.33. The Hall–Kier alpha value is -0.870. The van der Waals surface area contributed by atoms with E-state index in [1.54, 1.807) is 18.2 Å². The smallest absolute Gasteiger partial charge is 0.160 e. The fourth-order valence-electron chi connectivity index (χ4n) is 1.70. The monoisotopic (exact) mass is 321 g/mol. The zero-order valence-electron chi connectivity index (χ0n) is 9.43. The molecule has 2 aromatic rings. The average molecular weight is 323 g/mol. The summed E-state index contributed by atoms with van der Waals surface area (Å²) in [6, 6.07) is 5.78. The van der Waals surface area contributed by atoms with E-state index < -0.39 is 17.7 Å². The summed E-state index contributed by atoms with van der Waals surface area (Å²) in [7, 11) is 0. The van der Waals surface area contributed by atoms with Crippen molar-refractivity contribution >= 4 is 34.8 Å². The van der Waals surface area contributed by atoms with Crippen molar-refractivity contribution in [1.29, 1.82) is 0 Å². The third-order valence-corrected chi connectivity index (χ3v) is 3.57. The fraction of sp³-hybridized carbons (Fsp3) is 0.0769. The third kappa shape index (κ3) is 3.00. The van der Waals surface area contributed by atoms with Gasteiger partial charge in [0.05, 0.1) is 6.04 Å². The highest BCUT2D eigenvalue weighted by Gasteiger charge is 2.18. The van der Waals surface area contributed by atoms with Gasteiger partial charge in [-0.05, 0) is 41.5 Å². The summed E-state index contributed by atoms with van der Waals surface area (Å²) in [6.07, 6.45) is 0. The van der Waals surface area contributed by atoms with Gasteiger partial charge in [-0.1, -0.05) is 34.8 Å². The van der Waals surface area contributed by atoms with Gasteiger partial charge in [-0.3, -0.25) is 0 Å². The Morgan fingerprint density at radius 1 is 0.842 bits per heavy atom. The van der Waals surface area contributed by atoms with Crippen LogP contribution in [-0.2, 0) is 0 Å². The van der Waals surface area contributed by atoms with Crippen LogP contribution in [0.15, 0.2) is 30.3 Å². The standard InChI is InChI=1S/C13H8Cl3F2N/c14-6-1-2-9(15)7(3-6)13(19)8-4-11(17)12(18)5-10(8)16/h1-5,13H,19H2. The first kappa shape index (κ1) is 14.5. The van der Waals surface area contributed by atoms with Gasteiger partial charge >= 0.3 is 0 Å². The Labute approximate surface area is 123 Å². The van der Waals surface area contributed by atoms with Crippen LogP contribution in [-0.4, -0.2) is 0 Å². The van der Waals surface area contributed by atoms with Gasteiger partial charge < -0.3 is 5.73 Å². The van der Waals surface area contributed by atoms with E-state index in [0.29, 0.717) is 15.6 Å². The molecular formula is C13H8Cl3F2N. The molecular weight excluding hydrogens is 315 g/mol. The lowest BCUT2D eigenvalue weighted by Gasteiger charge is -2.16. The summed E-state index contributed by atoms with van der Waals surface area (Å²) < 4.78 is 26.3. The van der Waals surface area contributed by atoms with E-state index in [2.05, 4.69) is 0 Å². The number of hydrogen-bond acceptors (Lipinski definition) is 1. The van der Waals surface area contributed by atoms with Crippen LogP contribution in [0.2, 0.25) is 15.1 Å². The molecule has 100 valence electrons. The van der Waals surface area contributed by atoms with E-state index >= 15 is 0 Å². The maximum Gasteiger partial charge on any atom is 0.160 e. The normalized spacial score (nSPS) is 12.5. The zero-order valence-corrected chi connectivity index (χ0v) is 11.7. The predicted octanol–water partition coefficient (Wildman–Crippen LogP) is 4.97. The lowest BCUT2D eigenvalue weighted by Crippen LogP contribution is -2.13. The molecule has 0 bridgehead atoms. The van der Waals surface area contributed by atoms with Crippen LogP contribution >= 0.6 is 34.8 Å². The molecule has 0 saturated carbocycles. The van der Waals surface area contributed by atoms with Crippen LogP contribution in [0.25, 0.3) is 0 Å². The average Bonchev–Trinajstić information content (AvgIpc) is 2.36. The Balaban J connectivity index is 2.52. The Morgan fingerprint density at radius 3 is 2.11 bits per heavy atom. The number of nitrogens with two attached hydrogens (primary N) is 1. The van der Waals surface area contributed by atoms with Crippen LogP contribution in [0.3, 0.4) is 0 Å². The molecule has 6 heteroatoms. The van der Waals surface area contributed by atoms with Gasteiger partial charge in [0.15, 0.2) is 11.6 Å². The van der Waals surface area contributed by atoms with Crippen LogP contribution in [0, 0.1) is 11.6 Å². The first-order chi connectivity index (χ1) is 8.90. The van der Waals surface area contributed by atoms with E-state index in [1.807, 2.05) is 0 Å². The lowest BCUT2D eigenvalue weighted by molar-refractivity contribution is 0.506. The van der Waals surface area contributed by atoms with Gasteiger partial charge in [0.1, 0.15) is 0 Å². The molecule has 0 spiro atoms. The SMILES string of the molecule is NC(c1cc(Cl)ccc1Cl)c1cc(F)c(F)cc1Cl. The predicted molar refractivity (Wildman–Crippen MR) is 73.9 cm³/mol. The molecule has 19 heavy (non-hydrogen) atoms. The highest BCUT2D eigenvalue weighted by atomic mass is 35.5. The maximum atomic E-state index is 13.3. The lowest BCUT2D eigenvalue weighted by atomic mass is 9.99. The minimum absolute atomic E-state index is 0.0300. The van der Waals surface area contributed by atoms with Crippen molar-refractivity contribution in [3.8, 4) is 0 Å². The van der Waals surface area contributed by atoms with Crippen LogP contribution in [0.4, 0.5) is 8.78 Å². The Bertz CT molecular complexity index is 632. The number of rotatable bonds is 2. The van der Waals surface area contributed by atoms with Crippen molar-refractivity contribution in [2.45, 2.75) is 6.04 Å². The van der Waals surface area contributed by atoms with E-state index in [4.69, 9.17) is 40.5 Å². The van der Waals surface area contributed by atoms with E-state index in [0.717, 1.165) is 12.1 Å². The minimum atomic E-state index is -1.03. The van der Waals surface area contributed by atoms with Gasteiger partial charge in [0.2, 0.25) is 0 Å². The fourth-order valence-corrected chi connectivity index (χ4v) is 2.38. The largest absolute Gasteiger partial charge is 0.320 e. The zero-order chi connectivity index (χ0) is 14.2. The van der Waals surface area contributed by atoms with Gasteiger partial charge in [-0.2, -0.15) is 0 Å². The summed E-state index contributed by atoms with van der Waals surface area (Å²) in [4.78, 5) is 0. The molecule has 0 saturated heterocycles. The topological polar surface area (TPSA) is 26.0 Å². The third-order valence-electron chi connectivity index (χ3n) is 2.67. The van der Waals surface area contributed by atoms with Crippen LogP contribution < -0.4 is 5.73 Å². The summed E-state index contributed by atoms with van der Waals surface area (Å²) in [6.45, 7) is 0. The van der Waals surface area contributed by atoms with E-state index in [-0.39, 0.29) is 10.6 Å². The molecule has 0 aliphatic heterocycles. The molecule has 0 amide bonds. The first-order valence-corrected chi connectivity index (χ1v) is 6.38. The van der Waals surface area contributed by atoms with Crippen molar-refractivity contribution in [2.75, 3.05) is 0 Å². The first-order valence-electron chi connectivity index (χ1n) is 5.25. The molecule has 1 nitrogen and oxygen atoms in total. The molecule has 1 unspecified atom stereocenters. The molecule has 0 fully saturated rings. The van der Waals surface area contributed by atoms with Crippen molar-refractivity contribution in [3.63, 3.8) is 0 Å². The Kier molecular flexibility index (Phi) is 4.31. The van der Waals surface area contributed by atoms with Crippen molar-refractivity contribution in [3.05, 3.63) is 68.2 Å². The Morgan fingerprint density at radius 2 is 1.42 bits per heavy atom. The molecule has 0 radical (unpaired) electrons. The molecule has 0 heterocycles. The van der Waals surface area contributed by atoms with E-state index in [9.17, 15) is 8.78 Å². The van der Waals surface area contributed by atoms with Crippen molar-refractivity contribution in [1.82, 2.24) is 0 Å². The van der Waals surface area contributed by atoms with Crippen LogP contribution in [0.5, 0.6) is 0 Å². The van der Waals surface area contributed by atoms with E-state index in [1.165, 1.54) is 0 Å². The second-order valence-electron chi connectivity index (χ2n) is 3.93. The van der Waals surface area contributed by atoms with Gasteiger partial charge in [-0.15, -0.1) is 0 Å². The van der Waals surface area contributed by atoms with Crippen molar-refractivity contribution in [2.24, 2.45) is 5.73 Å². The minimum Gasteiger partial charge on any atom is -0.320 e. The second kappa shape index (κ2) is 5.63. The second-order valence-corrected chi connectivity index (χ2v) is 5.18. The molecule has 2 N–H and O–H groups in total. The molecule has 0 aromatic heterocycles. The molecule has 0 aliphatic rings. The van der Waals surface area contributed by atoms with Gasteiger partial charge in [0, 0.05) is 15.1 Å². The maximum absolute atomic E-state index is 13.3. The van der Waals surface area contributed by atoms with Gasteiger partial charge in [-0.25, -0.2) is 8.78 Å². The van der Waals surface area contributed by atoms with Crippen molar-refractivity contribution < 1.29 is 8.78 Å². The quantitative estimate of drug-likeness (QED) is 0.776. The van der Waals surface area contributed by atoms with Gasteiger partial charge in [0.25, 0.3) is 0 Å².